The Labute approximate surface area is 139 Å². The Morgan fingerprint density at radius 1 is 1.64 bits per heavy atom. The molecule has 2 atom stereocenters. The van der Waals surface area contributed by atoms with E-state index in [1.807, 2.05) is 18.7 Å². The van der Waals surface area contributed by atoms with E-state index in [9.17, 15) is 4.79 Å². The highest BCUT2D eigenvalue weighted by Crippen LogP contribution is 2.38. The van der Waals surface area contributed by atoms with Crippen molar-refractivity contribution < 1.29 is 14.3 Å². The number of thioether (sulfide) groups is 1. The first kappa shape index (κ1) is 16.2. The molecule has 0 bridgehead atoms. The Balaban J connectivity index is 1.56. The lowest BCUT2D eigenvalue weighted by Crippen LogP contribution is -2.47. The van der Waals surface area contributed by atoms with Gasteiger partial charge in [-0.25, -0.2) is 9.78 Å². The fraction of sp³-hybridized carbons (Fsp3) is 0.733. The summed E-state index contributed by atoms with van der Waals surface area (Å²) in [5.41, 5.74) is 2.58. The Bertz CT molecular complexity index is 515. The van der Waals surface area contributed by atoms with Crippen molar-refractivity contribution in [2.45, 2.75) is 44.4 Å². The average Bonchev–Trinajstić information content (AvgIpc) is 3.15. The molecule has 22 heavy (non-hydrogen) atoms. The smallest absolute Gasteiger partial charge is 0.350 e. The fourth-order valence-corrected chi connectivity index (χ4v) is 5.14. The zero-order valence-electron chi connectivity index (χ0n) is 12.8. The molecule has 3 rings (SSSR count). The lowest BCUT2D eigenvalue weighted by atomic mass is 9.90. The highest BCUT2D eigenvalue weighted by atomic mass is 32.2. The second-order valence-corrected chi connectivity index (χ2v) is 7.71. The van der Waals surface area contributed by atoms with Crippen LogP contribution in [-0.2, 0) is 16.0 Å². The third-order valence-corrected chi connectivity index (χ3v) is 6.29. The second-order valence-electron chi connectivity index (χ2n) is 5.75. The van der Waals surface area contributed by atoms with Crippen molar-refractivity contribution in [1.82, 2.24) is 10.3 Å². The minimum absolute atomic E-state index is 0.0760. The van der Waals surface area contributed by atoms with Crippen LogP contribution < -0.4 is 5.32 Å². The van der Waals surface area contributed by atoms with Gasteiger partial charge in [0.2, 0.25) is 0 Å². The number of nitrogens with one attached hydrogen (secondary N) is 1. The number of carbonyl (C=O) groups is 1. The minimum atomic E-state index is -0.266. The van der Waals surface area contributed by atoms with Gasteiger partial charge in [0.15, 0.2) is 0 Å². The molecule has 0 saturated carbocycles. The van der Waals surface area contributed by atoms with Crippen molar-refractivity contribution in [3.05, 3.63) is 16.1 Å². The fourth-order valence-electron chi connectivity index (χ4n) is 3.06. The third-order valence-electron chi connectivity index (χ3n) is 4.22. The Hall–Kier alpha value is -0.630. The molecule has 1 aromatic heterocycles. The number of hydrogen-bond donors (Lipinski definition) is 1. The first-order valence-electron chi connectivity index (χ1n) is 7.77. The van der Waals surface area contributed by atoms with Gasteiger partial charge in [-0.1, -0.05) is 0 Å². The summed E-state index contributed by atoms with van der Waals surface area (Å²) in [5, 5.41) is 3.56. The summed E-state index contributed by atoms with van der Waals surface area (Å²) < 4.78 is 11.1. The molecule has 2 saturated heterocycles. The minimum Gasteiger partial charge on any atom is -0.462 e. The highest BCUT2D eigenvalue weighted by Gasteiger charge is 2.40. The van der Waals surface area contributed by atoms with Crippen molar-refractivity contribution in [3.8, 4) is 0 Å². The molecule has 1 N–H and O–H groups in total. The van der Waals surface area contributed by atoms with Crippen molar-refractivity contribution in [2.75, 3.05) is 24.7 Å². The molecule has 0 aromatic carbocycles. The molecule has 7 heteroatoms. The van der Waals surface area contributed by atoms with E-state index in [2.05, 4.69) is 10.3 Å². The number of esters is 1. The topological polar surface area (TPSA) is 60.5 Å². The van der Waals surface area contributed by atoms with Crippen LogP contribution in [0.3, 0.4) is 0 Å². The lowest BCUT2D eigenvalue weighted by Gasteiger charge is -2.38. The lowest BCUT2D eigenvalue weighted by molar-refractivity contribution is -0.0703. The molecule has 2 fully saturated rings. The van der Waals surface area contributed by atoms with Crippen LogP contribution >= 0.6 is 23.1 Å². The summed E-state index contributed by atoms with van der Waals surface area (Å²) in [6.45, 7) is 3.65. The van der Waals surface area contributed by atoms with Gasteiger partial charge in [-0.15, -0.1) is 11.3 Å². The quantitative estimate of drug-likeness (QED) is 0.830. The summed E-state index contributed by atoms with van der Waals surface area (Å²) in [5.74, 6) is 2.04. The number of carbonyl (C=O) groups excluding carboxylic acids is 1. The summed E-state index contributed by atoms with van der Waals surface area (Å²) in [6, 6.07) is 0.434. The van der Waals surface area contributed by atoms with E-state index in [0.717, 1.165) is 37.3 Å². The van der Waals surface area contributed by atoms with Crippen LogP contribution in [0.4, 0.5) is 0 Å². The van der Waals surface area contributed by atoms with E-state index in [-0.39, 0.29) is 11.6 Å². The largest absolute Gasteiger partial charge is 0.462 e. The van der Waals surface area contributed by atoms with Gasteiger partial charge in [0, 0.05) is 24.9 Å². The van der Waals surface area contributed by atoms with Crippen LogP contribution in [-0.4, -0.2) is 47.3 Å². The van der Waals surface area contributed by atoms with Crippen molar-refractivity contribution in [3.63, 3.8) is 0 Å². The van der Waals surface area contributed by atoms with Crippen LogP contribution in [0.5, 0.6) is 0 Å². The molecule has 2 aliphatic heterocycles. The van der Waals surface area contributed by atoms with Crippen LogP contribution in [0, 0.1) is 0 Å². The molecule has 0 radical (unpaired) electrons. The van der Waals surface area contributed by atoms with E-state index in [1.165, 1.54) is 17.1 Å². The molecule has 0 unspecified atom stereocenters. The van der Waals surface area contributed by atoms with Gasteiger partial charge in [0.25, 0.3) is 0 Å². The van der Waals surface area contributed by atoms with Crippen LogP contribution in [0.25, 0.3) is 0 Å². The molecular formula is C15H22N2O3S2. The standard InChI is InChI=1S/C15H22N2O3S2/c1-2-19-14(18)13-12(17-10-22-13)8-16-11-3-5-20-15(7-11)4-6-21-9-15/h10-11,16H,2-9H2,1H3/t11-,15-/m1/s1. The van der Waals surface area contributed by atoms with Gasteiger partial charge in [0.05, 0.1) is 23.4 Å². The molecule has 5 nitrogen and oxygen atoms in total. The normalized spacial score (nSPS) is 28.1. The molecule has 0 amide bonds. The Morgan fingerprint density at radius 2 is 2.55 bits per heavy atom. The van der Waals surface area contributed by atoms with E-state index >= 15 is 0 Å². The number of ether oxygens (including phenoxy) is 2. The average molecular weight is 342 g/mol. The van der Waals surface area contributed by atoms with E-state index < -0.39 is 0 Å². The predicted molar refractivity (Wildman–Crippen MR) is 88.6 cm³/mol. The SMILES string of the molecule is CCOC(=O)c1scnc1CN[C@@H]1CCO[C@]2(CCSC2)C1. The monoisotopic (exact) mass is 342 g/mol. The van der Waals surface area contributed by atoms with Gasteiger partial charge >= 0.3 is 5.97 Å². The first-order chi connectivity index (χ1) is 10.7. The predicted octanol–water partition coefficient (Wildman–Crippen LogP) is 2.46. The molecule has 3 heterocycles. The zero-order valence-corrected chi connectivity index (χ0v) is 14.4. The van der Waals surface area contributed by atoms with Crippen LogP contribution in [0.15, 0.2) is 5.51 Å². The number of rotatable bonds is 5. The maximum Gasteiger partial charge on any atom is 0.350 e. The van der Waals surface area contributed by atoms with Gasteiger partial charge in [0.1, 0.15) is 4.88 Å². The molecule has 1 spiro atoms. The number of hydrogen-bond acceptors (Lipinski definition) is 7. The van der Waals surface area contributed by atoms with Crippen molar-refractivity contribution >= 4 is 29.1 Å². The molecular weight excluding hydrogens is 320 g/mol. The van der Waals surface area contributed by atoms with Crippen molar-refractivity contribution in [1.29, 1.82) is 0 Å². The summed E-state index contributed by atoms with van der Waals surface area (Å²) >= 11 is 3.33. The molecule has 0 aliphatic carbocycles. The van der Waals surface area contributed by atoms with Crippen LogP contribution in [0.1, 0.15) is 41.6 Å². The van der Waals surface area contributed by atoms with Gasteiger partial charge in [-0.3, -0.25) is 0 Å². The van der Waals surface area contributed by atoms with Gasteiger partial charge in [-0.05, 0) is 31.9 Å². The van der Waals surface area contributed by atoms with Gasteiger partial charge in [-0.2, -0.15) is 11.8 Å². The van der Waals surface area contributed by atoms with E-state index in [0.29, 0.717) is 24.1 Å². The Kier molecular flexibility index (Phi) is 5.38. The summed E-state index contributed by atoms with van der Waals surface area (Å²) in [4.78, 5) is 16.8. The van der Waals surface area contributed by atoms with Crippen LogP contribution in [0.2, 0.25) is 0 Å². The maximum absolute atomic E-state index is 11.9. The van der Waals surface area contributed by atoms with E-state index in [4.69, 9.17) is 9.47 Å². The maximum atomic E-state index is 11.9. The zero-order chi connectivity index (χ0) is 15.4. The van der Waals surface area contributed by atoms with E-state index in [1.54, 1.807) is 5.51 Å². The molecule has 2 aliphatic rings. The number of thiazole rings is 1. The first-order valence-corrected chi connectivity index (χ1v) is 9.80. The summed E-state index contributed by atoms with van der Waals surface area (Å²) in [7, 11) is 0. The molecule has 122 valence electrons. The van der Waals surface area contributed by atoms with Gasteiger partial charge < -0.3 is 14.8 Å². The summed E-state index contributed by atoms with van der Waals surface area (Å²) in [6.07, 6.45) is 3.23. The highest BCUT2D eigenvalue weighted by molar-refractivity contribution is 7.99. The molecule has 1 aromatic rings. The van der Waals surface area contributed by atoms with Crippen molar-refractivity contribution in [2.24, 2.45) is 0 Å². The Morgan fingerprint density at radius 3 is 3.32 bits per heavy atom. The second kappa shape index (κ2) is 7.29. The third kappa shape index (κ3) is 3.64. The number of nitrogens with zero attached hydrogens (tertiary/aromatic N) is 1. The number of aromatic nitrogens is 1.